The molecule has 4 aromatic rings. The number of aromatic nitrogens is 1. The maximum Gasteiger partial charge on any atom is 0.341 e. The second-order valence-electron chi connectivity index (χ2n) is 6.86. The molecule has 2 heterocycles. The first-order chi connectivity index (χ1) is 14.2. The number of hydrogen-bond donors (Lipinski definition) is 0. The van der Waals surface area contributed by atoms with E-state index in [1.54, 1.807) is 12.3 Å². The number of esters is 1. The monoisotopic (exact) mass is 384 g/mol. The topological polar surface area (TPSA) is 63.7 Å². The van der Waals surface area contributed by atoms with Gasteiger partial charge in [0, 0.05) is 11.8 Å². The van der Waals surface area contributed by atoms with Crippen molar-refractivity contribution in [2.45, 2.75) is 19.4 Å². The molecule has 2 aromatic heterocycles. The summed E-state index contributed by atoms with van der Waals surface area (Å²) in [7, 11) is 0. The standard InChI is InChI=1S/C24H20N2O3/c1-17(15-18-7-3-2-4-8-18)29-24(27)23-20-9-5-6-10-21(20)26-16-19(28-14-13-25)11-12-22(23)26/h2-12,16-17H,14-15H2,1H3. The van der Waals surface area contributed by atoms with E-state index < -0.39 is 0 Å². The molecule has 1 atom stereocenters. The summed E-state index contributed by atoms with van der Waals surface area (Å²) < 4.78 is 13.1. The van der Waals surface area contributed by atoms with Crippen molar-refractivity contribution in [2.75, 3.05) is 6.61 Å². The Morgan fingerprint density at radius 1 is 1.03 bits per heavy atom. The molecule has 2 aromatic carbocycles. The molecule has 144 valence electrons. The highest BCUT2D eigenvalue weighted by atomic mass is 16.5. The van der Waals surface area contributed by atoms with Crippen molar-refractivity contribution in [1.82, 2.24) is 4.40 Å². The molecule has 0 aliphatic rings. The van der Waals surface area contributed by atoms with E-state index in [-0.39, 0.29) is 18.7 Å². The molecule has 0 radical (unpaired) electrons. The van der Waals surface area contributed by atoms with E-state index in [9.17, 15) is 4.79 Å². The third kappa shape index (κ3) is 3.78. The van der Waals surface area contributed by atoms with Crippen LogP contribution in [-0.4, -0.2) is 23.1 Å². The molecule has 0 aliphatic carbocycles. The normalized spacial score (nSPS) is 11.9. The first-order valence-electron chi connectivity index (χ1n) is 9.45. The predicted octanol–water partition coefficient (Wildman–Crippen LogP) is 4.78. The van der Waals surface area contributed by atoms with Crippen molar-refractivity contribution in [1.29, 1.82) is 5.26 Å². The quantitative estimate of drug-likeness (QED) is 0.449. The summed E-state index contributed by atoms with van der Waals surface area (Å²) in [5.41, 5.74) is 3.28. The number of rotatable bonds is 6. The van der Waals surface area contributed by atoms with Gasteiger partial charge < -0.3 is 13.9 Å². The zero-order valence-electron chi connectivity index (χ0n) is 16.0. The molecule has 29 heavy (non-hydrogen) atoms. The Labute approximate surface area is 168 Å². The van der Waals surface area contributed by atoms with Gasteiger partial charge in [-0.15, -0.1) is 0 Å². The predicted molar refractivity (Wildman–Crippen MR) is 111 cm³/mol. The molecule has 5 nitrogen and oxygen atoms in total. The zero-order chi connectivity index (χ0) is 20.2. The van der Waals surface area contributed by atoms with Gasteiger partial charge in [0.2, 0.25) is 0 Å². The number of nitrogens with zero attached hydrogens (tertiary/aromatic N) is 2. The van der Waals surface area contributed by atoms with Gasteiger partial charge in [-0.25, -0.2) is 4.79 Å². The fraction of sp³-hybridized carbons (Fsp3) is 0.167. The molecule has 0 N–H and O–H groups in total. The maximum atomic E-state index is 13.1. The Morgan fingerprint density at radius 3 is 2.59 bits per heavy atom. The third-order valence-corrected chi connectivity index (χ3v) is 4.79. The van der Waals surface area contributed by atoms with Gasteiger partial charge in [-0.2, -0.15) is 5.26 Å². The molecule has 0 amide bonds. The summed E-state index contributed by atoms with van der Waals surface area (Å²) in [6.45, 7) is 1.87. The lowest BCUT2D eigenvalue weighted by Crippen LogP contribution is -2.17. The second-order valence-corrected chi connectivity index (χ2v) is 6.86. The van der Waals surface area contributed by atoms with Crippen molar-refractivity contribution in [2.24, 2.45) is 0 Å². The first kappa shape index (κ1) is 18.6. The number of fused-ring (bicyclic) bond motifs is 3. The fourth-order valence-corrected chi connectivity index (χ4v) is 3.56. The van der Waals surface area contributed by atoms with E-state index in [1.807, 2.05) is 78.1 Å². The summed E-state index contributed by atoms with van der Waals surface area (Å²) in [5.74, 6) is 0.218. The number of hydrogen-bond acceptors (Lipinski definition) is 4. The summed E-state index contributed by atoms with van der Waals surface area (Å²) in [6.07, 6.45) is 2.19. The van der Waals surface area contributed by atoms with E-state index in [4.69, 9.17) is 14.7 Å². The summed E-state index contributed by atoms with van der Waals surface area (Å²) in [6, 6.07) is 23.2. The second kappa shape index (κ2) is 8.07. The largest absolute Gasteiger partial charge is 0.477 e. The van der Waals surface area contributed by atoms with Gasteiger partial charge in [0.25, 0.3) is 0 Å². The van der Waals surface area contributed by atoms with Crippen LogP contribution in [0.5, 0.6) is 5.75 Å². The zero-order valence-corrected chi connectivity index (χ0v) is 16.0. The number of benzene rings is 2. The highest BCUT2D eigenvalue weighted by molar-refractivity contribution is 6.11. The Balaban J connectivity index is 1.68. The lowest BCUT2D eigenvalue weighted by Gasteiger charge is -2.13. The Hall–Kier alpha value is -3.78. The molecule has 0 spiro atoms. The maximum absolute atomic E-state index is 13.1. The van der Waals surface area contributed by atoms with Crippen LogP contribution in [0.1, 0.15) is 22.8 Å². The Kier molecular flexibility index (Phi) is 5.17. The molecule has 0 fully saturated rings. The molecule has 0 saturated carbocycles. The highest BCUT2D eigenvalue weighted by Gasteiger charge is 2.21. The van der Waals surface area contributed by atoms with Crippen molar-refractivity contribution >= 4 is 22.4 Å². The van der Waals surface area contributed by atoms with Crippen LogP contribution < -0.4 is 4.74 Å². The van der Waals surface area contributed by atoms with Crippen LogP contribution in [0.4, 0.5) is 0 Å². The minimum atomic E-state index is -0.349. The fourth-order valence-electron chi connectivity index (χ4n) is 3.56. The van der Waals surface area contributed by atoms with Gasteiger partial charge in [0.15, 0.2) is 6.61 Å². The van der Waals surface area contributed by atoms with Crippen LogP contribution in [0.15, 0.2) is 72.9 Å². The third-order valence-electron chi connectivity index (χ3n) is 4.79. The van der Waals surface area contributed by atoms with Crippen LogP contribution >= 0.6 is 0 Å². The molecule has 1 unspecified atom stereocenters. The van der Waals surface area contributed by atoms with Crippen molar-refractivity contribution in [3.8, 4) is 11.8 Å². The van der Waals surface area contributed by atoms with Crippen LogP contribution in [-0.2, 0) is 11.2 Å². The number of carbonyl (C=O) groups is 1. The minimum absolute atomic E-state index is 0.0311. The van der Waals surface area contributed by atoms with E-state index in [0.29, 0.717) is 17.7 Å². The van der Waals surface area contributed by atoms with Gasteiger partial charge in [0.05, 0.1) is 22.8 Å². The van der Waals surface area contributed by atoms with Crippen molar-refractivity contribution in [3.63, 3.8) is 0 Å². The summed E-state index contributed by atoms with van der Waals surface area (Å²) in [4.78, 5) is 13.1. The van der Waals surface area contributed by atoms with E-state index in [0.717, 1.165) is 22.0 Å². The molecule has 0 bridgehead atoms. The number of nitriles is 1. The van der Waals surface area contributed by atoms with Gasteiger partial charge in [-0.1, -0.05) is 48.5 Å². The van der Waals surface area contributed by atoms with Gasteiger partial charge >= 0.3 is 5.97 Å². The van der Waals surface area contributed by atoms with Gasteiger partial charge in [0.1, 0.15) is 17.9 Å². The van der Waals surface area contributed by atoms with Crippen molar-refractivity contribution < 1.29 is 14.3 Å². The number of para-hydroxylation sites is 1. The highest BCUT2D eigenvalue weighted by Crippen LogP contribution is 2.29. The molecule has 5 heteroatoms. The minimum Gasteiger partial charge on any atom is -0.477 e. The average Bonchev–Trinajstić information content (AvgIpc) is 3.06. The van der Waals surface area contributed by atoms with Crippen LogP contribution in [0.25, 0.3) is 16.4 Å². The van der Waals surface area contributed by atoms with Crippen LogP contribution in [0.2, 0.25) is 0 Å². The SMILES string of the molecule is CC(Cc1ccccc1)OC(=O)c1c2ccccc2n2cc(OCC#N)ccc12. The van der Waals surface area contributed by atoms with Gasteiger partial charge in [-0.3, -0.25) is 0 Å². The summed E-state index contributed by atoms with van der Waals surface area (Å²) >= 11 is 0. The molecule has 4 rings (SSSR count). The van der Waals surface area contributed by atoms with Crippen molar-refractivity contribution in [3.05, 3.63) is 84.1 Å². The Bertz CT molecular complexity index is 1210. The van der Waals surface area contributed by atoms with E-state index in [2.05, 4.69) is 0 Å². The van der Waals surface area contributed by atoms with E-state index in [1.165, 1.54) is 0 Å². The summed E-state index contributed by atoms with van der Waals surface area (Å²) in [5, 5.41) is 9.56. The number of ether oxygens (including phenoxy) is 2. The number of pyridine rings is 1. The molecular weight excluding hydrogens is 364 g/mol. The smallest absolute Gasteiger partial charge is 0.341 e. The lowest BCUT2D eigenvalue weighted by molar-refractivity contribution is 0.0347. The first-order valence-corrected chi connectivity index (χ1v) is 9.45. The molecule has 0 saturated heterocycles. The Morgan fingerprint density at radius 2 is 1.79 bits per heavy atom. The van der Waals surface area contributed by atoms with Gasteiger partial charge in [-0.05, 0) is 30.7 Å². The lowest BCUT2D eigenvalue weighted by atomic mass is 10.1. The van der Waals surface area contributed by atoms with E-state index >= 15 is 0 Å². The van der Waals surface area contributed by atoms with Crippen LogP contribution in [0, 0.1) is 11.3 Å². The average molecular weight is 384 g/mol. The molecule has 0 aliphatic heterocycles. The number of carbonyl (C=O) groups excluding carboxylic acids is 1. The van der Waals surface area contributed by atoms with Crippen LogP contribution in [0.3, 0.4) is 0 Å². The molecular formula is C24H20N2O3.